The van der Waals surface area contributed by atoms with Crippen LogP contribution in [0.4, 0.5) is 0 Å². The largest absolute Gasteiger partial charge is 0.293 e. The van der Waals surface area contributed by atoms with Crippen LogP contribution in [0.2, 0.25) is 0 Å². The van der Waals surface area contributed by atoms with Crippen LogP contribution in [0.3, 0.4) is 0 Å². The van der Waals surface area contributed by atoms with Crippen molar-refractivity contribution in [1.82, 2.24) is 4.98 Å². The predicted molar refractivity (Wildman–Crippen MR) is 56.8 cm³/mol. The molecule has 1 heterocycles. The molecule has 0 unspecified atom stereocenters. The molecule has 1 aromatic carbocycles. The third kappa shape index (κ3) is 1.49. The Hall–Kier alpha value is -1.41. The maximum atomic E-state index is 11.5. The summed E-state index contributed by atoms with van der Waals surface area (Å²) in [6, 6.07) is 9.15. The molecule has 0 atom stereocenters. The van der Waals surface area contributed by atoms with Crippen LogP contribution in [0.25, 0.3) is 10.9 Å². The van der Waals surface area contributed by atoms with Gasteiger partial charge in [-0.1, -0.05) is 18.2 Å². The van der Waals surface area contributed by atoms with Gasteiger partial charge in [-0.05, 0) is 12.1 Å². The first-order valence-corrected chi connectivity index (χ1v) is 4.79. The normalized spacial score (nSPS) is 10.4. The summed E-state index contributed by atoms with van der Waals surface area (Å²) in [5, 5.41) is 0.862. The fourth-order valence-electron chi connectivity index (χ4n) is 1.42. The molecule has 0 radical (unpaired) electrons. The number of Topliss-reactive ketones (excluding diaryl/α,β-unsaturated/α-hetero) is 1. The van der Waals surface area contributed by atoms with E-state index in [0.717, 1.165) is 10.9 Å². The number of pyridine rings is 1. The van der Waals surface area contributed by atoms with Crippen molar-refractivity contribution in [3.63, 3.8) is 0 Å². The van der Waals surface area contributed by atoms with Gasteiger partial charge in [-0.3, -0.25) is 9.78 Å². The van der Waals surface area contributed by atoms with E-state index in [2.05, 4.69) is 4.98 Å². The van der Waals surface area contributed by atoms with Gasteiger partial charge in [-0.15, -0.1) is 11.6 Å². The zero-order valence-electron chi connectivity index (χ0n) is 7.40. The number of hydrogen-bond acceptors (Lipinski definition) is 2. The Bertz CT molecular complexity index is 476. The molecule has 0 amide bonds. The van der Waals surface area contributed by atoms with Gasteiger partial charge in [0.05, 0.1) is 11.4 Å². The lowest BCUT2D eigenvalue weighted by Gasteiger charge is -2.01. The number of carbonyl (C=O) groups is 1. The zero-order valence-corrected chi connectivity index (χ0v) is 8.16. The number of hydrogen-bond donors (Lipinski definition) is 0. The van der Waals surface area contributed by atoms with Crippen molar-refractivity contribution in [2.75, 3.05) is 5.88 Å². The fourth-order valence-corrected chi connectivity index (χ4v) is 1.56. The standard InChI is InChI=1S/C11H8ClNO/c12-7-11(14)9-3-1-5-10-8(9)4-2-6-13-10/h1-6H,7H2. The summed E-state index contributed by atoms with van der Waals surface area (Å²) < 4.78 is 0. The summed E-state index contributed by atoms with van der Waals surface area (Å²) in [5.41, 5.74) is 1.47. The van der Waals surface area contributed by atoms with Gasteiger partial charge in [-0.2, -0.15) is 0 Å². The number of ketones is 1. The average Bonchev–Trinajstić information content (AvgIpc) is 2.27. The Balaban J connectivity index is 2.71. The highest BCUT2D eigenvalue weighted by molar-refractivity contribution is 6.31. The third-order valence-electron chi connectivity index (χ3n) is 2.07. The first kappa shape index (κ1) is 9.16. The van der Waals surface area contributed by atoms with Gasteiger partial charge in [-0.25, -0.2) is 0 Å². The van der Waals surface area contributed by atoms with Crippen LogP contribution in [-0.2, 0) is 0 Å². The van der Waals surface area contributed by atoms with E-state index < -0.39 is 0 Å². The van der Waals surface area contributed by atoms with Crippen molar-refractivity contribution in [2.45, 2.75) is 0 Å². The third-order valence-corrected chi connectivity index (χ3v) is 2.31. The number of alkyl halides is 1. The summed E-state index contributed by atoms with van der Waals surface area (Å²) in [7, 11) is 0. The smallest absolute Gasteiger partial charge is 0.178 e. The van der Waals surface area contributed by atoms with Gasteiger partial charge in [0, 0.05) is 17.1 Å². The lowest BCUT2D eigenvalue weighted by molar-refractivity contribution is 0.102. The summed E-state index contributed by atoms with van der Waals surface area (Å²) in [6.45, 7) is 0. The highest BCUT2D eigenvalue weighted by atomic mass is 35.5. The van der Waals surface area contributed by atoms with Crippen LogP contribution in [0.1, 0.15) is 10.4 Å². The van der Waals surface area contributed by atoms with Crippen molar-refractivity contribution in [3.8, 4) is 0 Å². The number of rotatable bonds is 2. The Labute approximate surface area is 86.5 Å². The molecular formula is C11H8ClNO. The number of carbonyl (C=O) groups excluding carboxylic acids is 1. The number of nitrogens with zero attached hydrogens (tertiary/aromatic N) is 1. The van der Waals surface area contributed by atoms with E-state index in [1.54, 1.807) is 12.3 Å². The lowest BCUT2D eigenvalue weighted by Crippen LogP contribution is -2.01. The van der Waals surface area contributed by atoms with E-state index in [9.17, 15) is 4.79 Å². The van der Waals surface area contributed by atoms with Crippen molar-refractivity contribution in [1.29, 1.82) is 0 Å². The highest BCUT2D eigenvalue weighted by Crippen LogP contribution is 2.17. The molecule has 0 saturated heterocycles. The minimum Gasteiger partial charge on any atom is -0.293 e. The van der Waals surface area contributed by atoms with Crippen LogP contribution in [0.15, 0.2) is 36.5 Å². The number of aromatic nitrogens is 1. The highest BCUT2D eigenvalue weighted by Gasteiger charge is 2.07. The van der Waals surface area contributed by atoms with E-state index >= 15 is 0 Å². The Morgan fingerprint density at radius 2 is 2.14 bits per heavy atom. The van der Waals surface area contributed by atoms with Crippen molar-refractivity contribution >= 4 is 28.3 Å². The molecule has 0 aliphatic heterocycles. The average molecular weight is 206 g/mol. The molecule has 1 aromatic heterocycles. The van der Waals surface area contributed by atoms with E-state index in [0.29, 0.717) is 5.56 Å². The molecule has 0 aliphatic carbocycles. The molecule has 70 valence electrons. The van der Waals surface area contributed by atoms with Crippen LogP contribution >= 0.6 is 11.6 Å². The van der Waals surface area contributed by atoms with Gasteiger partial charge in [0.25, 0.3) is 0 Å². The monoisotopic (exact) mass is 205 g/mol. The van der Waals surface area contributed by atoms with Gasteiger partial charge >= 0.3 is 0 Å². The molecule has 2 rings (SSSR count). The molecule has 3 heteroatoms. The fraction of sp³-hybridized carbons (Fsp3) is 0.0909. The molecule has 0 saturated carbocycles. The SMILES string of the molecule is O=C(CCl)c1cccc2ncccc12. The second kappa shape index (κ2) is 3.76. The first-order chi connectivity index (χ1) is 6.83. The molecule has 0 spiro atoms. The Morgan fingerprint density at radius 3 is 2.93 bits per heavy atom. The van der Waals surface area contributed by atoms with Gasteiger partial charge in [0.2, 0.25) is 0 Å². The first-order valence-electron chi connectivity index (χ1n) is 4.26. The second-order valence-corrected chi connectivity index (χ2v) is 3.20. The van der Waals surface area contributed by atoms with E-state index in [-0.39, 0.29) is 11.7 Å². The van der Waals surface area contributed by atoms with Crippen LogP contribution in [-0.4, -0.2) is 16.6 Å². The van der Waals surface area contributed by atoms with Crippen molar-refractivity contribution in [2.24, 2.45) is 0 Å². The number of halogens is 1. The molecule has 2 aromatic rings. The quantitative estimate of drug-likeness (QED) is 0.557. The molecule has 14 heavy (non-hydrogen) atoms. The van der Waals surface area contributed by atoms with E-state index in [1.807, 2.05) is 24.3 Å². The summed E-state index contributed by atoms with van der Waals surface area (Å²) in [5.74, 6) is -0.0566. The molecular weight excluding hydrogens is 198 g/mol. The Morgan fingerprint density at radius 1 is 1.29 bits per heavy atom. The van der Waals surface area contributed by atoms with Crippen LogP contribution in [0, 0.1) is 0 Å². The van der Waals surface area contributed by atoms with Crippen molar-refractivity contribution < 1.29 is 4.79 Å². The van der Waals surface area contributed by atoms with Gasteiger partial charge in [0.15, 0.2) is 5.78 Å². The van der Waals surface area contributed by atoms with Crippen LogP contribution in [0.5, 0.6) is 0 Å². The molecule has 0 aliphatic rings. The minimum absolute atomic E-state index is 0.00794. The predicted octanol–water partition coefficient (Wildman–Crippen LogP) is 2.66. The summed E-state index contributed by atoms with van der Waals surface area (Å²) in [4.78, 5) is 15.6. The molecule has 2 nitrogen and oxygen atoms in total. The molecule has 0 N–H and O–H groups in total. The lowest BCUT2D eigenvalue weighted by atomic mass is 10.1. The van der Waals surface area contributed by atoms with Gasteiger partial charge in [0.1, 0.15) is 0 Å². The second-order valence-electron chi connectivity index (χ2n) is 2.93. The molecule has 0 fully saturated rings. The molecule has 0 bridgehead atoms. The topological polar surface area (TPSA) is 30.0 Å². The minimum atomic E-state index is -0.0646. The Kier molecular flexibility index (Phi) is 2.46. The van der Waals surface area contributed by atoms with E-state index in [4.69, 9.17) is 11.6 Å². The van der Waals surface area contributed by atoms with E-state index in [1.165, 1.54) is 0 Å². The maximum Gasteiger partial charge on any atom is 0.178 e. The van der Waals surface area contributed by atoms with Crippen LogP contribution < -0.4 is 0 Å². The van der Waals surface area contributed by atoms with Gasteiger partial charge < -0.3 is 0 Å². The summed E-state index contributed by atoms with van der Waals surface area (Å²) >= 11 is 5.52. The number of benzene rings is 1. The zero-order chi connectivity index (χ0) is 9.97. The summed E-state index contributed by atoms with van der Waals surface area (Å²) in [6.07, 6.45) is 1.71. The number of fused-ring (bicyclic) bond motifs is 1. The van der Waals surface area contributed by atoms with Crippen molar-refractivity contribution in [3.05, 3.63) is 42.1 Å². The maximum absolute atomic E-state index is 11.5.